The fourth-order valence-electron chi connectivity index (χ4n) is 1.85. The molecule has 0 radical (unpaired) electrons. The number of hydrogen-bond donors (Lipinski definition) is 1. The molecule has 0 saturated carbocycles. The van der Waals surface area contributed by atoms with Crippen molar-refractivity contribution >= 4 is 11.6 Å². The molecule has 0 amide bonds. The molecule has 0 saturated heterocycles. The zero-order valence-corrected chi connectivity index (χ0v) is 12.9. The van der Waals surface area contributed by atoms with Gasteiger partial charge in [-0.1, -0.05) is 49.7 Å². The van der Waals surface area contributed by atoms with Crippen LogP contribution in [0.15, 0.2) is 42.5 Å². The summed E-state index contributed by atoms with van der Waals surface area (Å²) in [5.41, 5.74) is 2.25. The fourth-order valence-corrected chi connectivity index (χ4v) is 2.09. The lowest BCUT2D eigenvalue weighted by Gasteiger charge is -2.12. The van der Waals surface area contributed by atoms with Gasteiger partial charge in [0.1, 0.15) is 11.5 Å². The molecule has 3 heteroatoms. The van der Waals surface area contributed by atoms with Crippen molar-refractivity contribution in [3.05, 3.63) is 58.6 Å². The lowest BCUT2D eigenvalue weighted by Crippen LogP contribution is -2.21. The van der Waals surface area contributed by atoms with Crippen molar-refractivity contribution in [1.82, 2.24) is 5.32 Å². The topological polar surface area (TPSA) is 21.3 Å². The van der Waals surface area contributed by atoms with Crippen LogP contribution in [-0.4, -0.2) is 6.04 Å². The van der Waals surface area contributed by atoms with Crippen molar-refractivity contribution in [2.45, 2.75) is 33.4 Å². The number of para-hydroxylation sites is 1. The maximum Gasteiger partial charge on any atom is 0.146 e. The summed E-state index contributed by atoms with van der Waals surface area (Å²) in [6.45, 7) is 7.07. The molecule has 0 spiro atoms. The van der Waals surface area contributed by atoms with Gasteiger partial charge in [-0.05, 0) is 36.2 Å². The van der Waals surface area contributed by atoms with Crippen LogP contribution in [0.3, 0.4) is 0 Å². The molecule has 0 atom stereocenters. The van der Waals surface area contributed by atoms with E-state index in [0.29, 0.717) is 16.8 Å². The van der Waals surface area contributed by atoms with Gasteiger partial charge < -0.3 is 10.1 Å². The summed E-state index contributed by atoms with van der Waals surface area (Å²) >= 11 is 6.29. The van der Waals surface area contributed by atoms with E-state index in [1.54, 1.807) is 0 Å². The van der Waals surface area contributed by atoms with Crippen LogP contribution in [0.4, 0.5) is 0 Å². The summed E-state index contributed by atoms with van der Waals surface area (Å²) in [7, 11) is 0. The van der Waals surface area contributed by atoms with Gasteiger partial charge in [0.25, 0.3) is 0 Å². The number of hydrogen-bond acceptors (Lipinski definition) is 2. The largest absolute Gasteiger partial charge is 0.456 e. The fraction of sp³-hybridized carbons (Fsp3) is 0.294. The summed E-state index contributed by atoms with van der Waals surface area (Å²) < 4.78 is 5.87. The summed E-state index contributed by atoms with van der Waals surface area (Å²) in [6.07, 6.45) is 0. The van der Waals surface area contributed by atoms with E-state index in [1.807, 2.05) is 49.4 Å². The van der Waals surface area contributed by atoms with Crippen molar-refractivity contribution in [2.24, 2.45) is 0 Å². The Kier molecular flexibility index (Phi) is 5.05. The molecule has 106 valence electrons. The molecule has 0 fully saturated rings. The van der Waals surface area contributed by atoms with Gasteiger partial charge in [0.2, 0.25) is 0 Å². The first-order chi connectivity index (χ1) is 9.56. The first kappa shape index (κ1) is 14.9. The molecule has 2 nitrogen and oxygen atoms in total. The van der Waals surface area contributed by atoms with Crippen LogP contribution in [0.5, 0.6) is 11.5 Å². The number of aryl methyl sites for hydroxylation is 1. The number of nitrogens with one attached hydrogen (secondary N) is 1. The van der Waals surface area contributed by atoms with Gasteiger partial charge in [0, 0.05) is 12.6 Å². The van der Waals surface area contributed by atoms with Crippen LogP contribution < -0.4 is 10.1 Å². The second kappa shape index (κ2) is 6.78. The molecular weight excluding hydrogens is 270 g/mol. The number of benzene rings is 2. The van der Waals surface area contributed by atoms with E-state index in [4.69, 9.17) is 16.3 Å². The lowest BCUT2D eigenvalue weighted by atomic mass is 10.2. The Balaban J connectivity index is 2.12. The van der Waals surface area contributed by atoms with E-state index >= 15 is 0 Å². The first-order valence-electron chi connectivity index (χ1n) is 6.81. The SMILES string of the molecule is Cc1ccccc1Oc1ccc(CNC(C)C)cc1Cl. The Morgan fingerprint density at radius 3 is 2.50 bits per heavy atom. The van der Waals surface area contributed by atoms with E-state index in [2.05, 4.69) is 19.2 Å². The number of halogens is 1. The van der Waals surface area contributed by atoms with Crippen molar-refractivity contribution in [1.29, 1.82) is 0 Å². The minimum atomic E-state index is 0.455. The summed E-state index contributed by atoms with van der Waals surface area (Å²) in [6, 6.07) is 14.3. The van der Waals surface area contributed by atoms with E-state index in [-0.39, 0.29) is 0 Å². The van der Waals surface area contributed by atoms with Crippen molar-refractivity contribution < 1.29 is 4.74 Å². The molecule has 0 unspecified atom stereocenters. The van der Waals surface area contributed by atoms with E-state index in [1.165, 1.54) is 0 Å². The Hall–Kier alpha value is -1.51. The maximum atomic E-state index is 6.29. The quantitative estimate of drug-likeness (QED) is 0.842. The van der Waals surface area contributed by atoms with Gasteiger partial charge >= 0.3 is 0 Å². The molecule has 1 N–H and O–H groups in total. The molecule has 0 aromatic heterocycles. The lowest BCUT2D eigenvalue weighted by molar-refractivity contribution is 0.478. The van der Waals surface area contributed by atoms with Crippen LogP contribution in [0.2, 0.25) is 5.02 Å². The van der Waals surface area contributed by atoms with Gasteiger partial charge in [-0.15, -0.1) is 0 Å². The summed E-state index contributed by atoms with van der Waals surface area (Å²) in [4.78, 5) is 0. The third-order valence-corrected chi connectivity index (χ3v) is 3.32. The van der Waals surface area contributed by atoms with Gasteiger partial charge in [-0.25, -0.2) is 0 Å². The van der Waals surface area contributed by atoms with Gasteiger partial charge in [0.15, 0.2) is 0 Å². The Bertz CT molecular complexity index is 581. The molecule has 2 rings (SSSR count). The van der Waals surface area contributed by atoms with E-state index < -0.39 is 0 Å². The number of ether oxygens (including phenoxy) is 1. The maximum absolute atomic E-state index is 6.29. The predicted octanol–water partition coefficient (Wildman–Crippen LogP) is 4.94. The van der Waals surface area contributed by atoms with Crippen LogP contribution in [0.1, 0.15) is 25.0 Å². The third kappa shape index (κ3) is 3.99. The normalized spacial score (nSPS) is 10.8. The molecule has 2 aromatic carbocycles. The minimum Gasteiger partial charge on any atom is -0.456 e. The van der Waals surface area contributed by atoms with Crippen LogP contribution in [0.25, 0.3) is 0 Å². The highest BCUT2D eigenvalue weighted by Crippen LogP contribution is 2.31. The van der Waals surface area contributed by atoms with Crippen molar-refractivity contribution in [3.8, 4) is 11.5 Å². The second-order valence-electron chi connectivity index (χ2n) is 5.17. The zero-order chi connectivity index (χ0) is 14.5. The predicted molar refractivity (Wildman–Crippen MR) is 84.7 cm³/mol. The zero-order valence-electron chi connectivity index (χ0n) is 12.1. The number of rotatable bonds is 5. The standard InChI is InChI=1S/C17H20ClNO/c1-12(2)19-11-14-8-9-17(15(18)10-14)20-16-7-5-4-6-13(16)3/h4-10,12,19H,11H2,1-3H3. The molecule has 0 aliphatic heterocycles. The summed E-state index contributed by atoms with van der Waals surface area (Å²) in [5, 5.41) is 4.00. The Labute approximate surface area is 125 Å². The monoisotopic (exact) mass is 289 g/mol. The van der Waals surface area contributed by atoms with Gasteiger partial charge in [-0.2, -0.15) is 0 Å². The summed E-state index contributed by atoms with van der Waals surface area (Å²) in [5.74, 6) is 1.52. The highest BCUT2D eigenvalue weighted by molar-refractivity contribution is 6.32. The van der Waals surface area contributed by atoms with Crippen molar-refractivity contribution in [3.63, 3.8) is 0 Å². The molecule has 20 heavy (non-hydrogen) atoms. The molecular formula is C17H20ClNO. The van der Waals surface area contributed by atoms with Gasteiger partial charge in [0.05, 0.1) is 5.02 Å². The average molecular weight is 290 g/mol. The molecule has 0 aliphatic carbocycles. The molecule has 0 heterocycles. The Morgan fingerprint density at radius 2 is 1.85 bits per heavy atom. The van der Waals surface area contributed by atoms with Crippen LogP contribution in [-0.2, 0) is 6.54 Å². The molecule has 0 bridgehead atoms. The molecule has 0 aliphatic rings. The second-order valence-corrected chi connectivity index (χ2v) is 5.58. The van der Waals surface area contributed by atoms with E-state index in [9.17, 15) is 0 Å². The Morgan fingerprint density at radius 1 is 1.10 bits per heavy atom. The average Bonchev–Trinajstić information content (AvgIpc) is 2.41. The smallest absolute Gasteiger partial charge is 0.146 e. The molecule has 2 aromatic rings. The van der Waals surface area contributed by atoms with Crippen molar-refractivity contribution in [2.75, 3.05) is 0 Å². The highest BCUT2D eigenvalue weighted by Gasteiger charge is 2.06. The first-order valence-corrected chi connectivity index (χ1v) is 7.19. The van der Waals surface area contributed by atoms with Gasteiger partial charge in [-0.3, -0.25) is 0 Å². The third-order valence-electron chi connectivity index (χ3n) is 3.02. The van der Waals surface area contributed by atoms with Crippen LogP contribution in [0, 0.1) is 6.92 Å². The van der Waals surface area contributed by atoms with Crippen LogP contribution >= 0.6 is 11.6 Å². The highest BCUT2D eigenvalue weighted by atomic mass is 35.5. The minimum absolute atomic E-state index is 0.455. The van der Waals surface area contributed by atoms with E-state index in [0.717, 1.165) is 23.4 Å².